The monoisotopic (exact) mass is 344 g/mol. The second kappa shape index (κ2) is 7.42. The summed E-state index contributed by atoms with van der Waals surface area (Å²) in [5.74, 6) is 1.16. The van der Waals surface area contributed by atoms with Gasteiger partial charge in [-0.1, -0.05) is 24.3 Å². The van der Waals surface area contributed by atoms with Crippen molar-refractivity contribution in [1.29, 1.82) is 0 Å². The van der Waals surface area contributed by atoms with E-state index in [4.69, 9.17) is 9.47 Å². The van der Waals surface area contributed by atoms with Crippen molar-refractivity contribution >= 4 is 6.03 Å². The molecule has 0 fully saturated rings. The first kappa shape index (κ1) is 17.1. The second-order valence-electron chi connectivity index (χ2n) is 6.09. The predicted octanol–water partition coefficient (Wildman–Crippen LogP) is 2.98. The summed E-state index contributed by atoms with van der Waals surface area (Å²) in [5, 5.41) is 2.98. The highest BCUT2D eigenvalue weighted by Crippen LogP contribution is 2.34. The van der Waals surface area contributed by atoms with Crippen LogP contribution in [0.3, 0.4) is 0 Å². The Morgan fingerprint density at radius 1 is 1.32 bits per heavy atom. The smallest absolute Gasteiger partial charge is 0.317 e. The fraction of sp³-hybridized carbons (Fsp3) is 0.316. The SMILES string of the molecule is COc1cccc2c1OCC(NC(=O)N(C)Cc1ccc(F)cc1)C2. The van der Waals surface area contributed by atoms with Gasteiger partial charge in [-0.05, 0) is 30.2 Å². The van der Waals surface area contributed by atoms with Crippen molar-refractivity contribution in [2.75, 3.05) is 20.8 Å². The summed E-state index contributed by atoms with van der Waals surface area (Å²) in [6.45, 7) is 0.799. The lowest BCUT2D eigenvalue weighted by Crippen LogP contribution is -2.47. The Morgan fingerprint density at radius 3 is 2.80 bits per heavy atom. The molecule has 6 heteroatoms. The van der Waals surface area contributed by atoms with Crippen LogP contribution in [-0.2, 0) is 13.0 Å². The number of ether oxygens (including phenoxy) is 2. The number of para-hydroxylation sites is 1. The van der Waals surface area contributed by atoms with E-state index in [1.807, 2.05) is 18.2 Å². The van der Waals surface area contributed by atoms with E-state index in [9.17, 15) is 9.18 Å². The fourth-order valence-corrected chi connectivity index (χ4v) is 2.87. The van der Waals surface area contributed by atoms with Crippen LogP contribution in [0.4, 0.5) is 9.18 Å². The minimum atomic E-state index is -0.288. The minimum Gasteiger partial charge on any atom is -0.493 e. The first-order valence-corrected chi connectivity index (χ1v) is 8.11. The number of methoxy groups -OCH3 is 1. The number of carbonyl (C=O) groups is 1. The molecular formula is C19H21FN2O3. The molecule has 0 saturated carbocycles. The number of rotatable bonds is 4. The third-order valence-electron chi connectivity index (χ3n) is 4.18. The Morgan fingerprint density at radius 2 is 2.08 bits per heavy atom. The minimum absolute atomic E-state index is 0.109. The summed E-state index contributed by atoms with van der Waals surface area (Å²) in [6, 6.07) is 11.6. The number of fused-ring (bicyclic) bond motifs is 1. The summed E-state index contributed by atoms with van der Waals surface area (Å²) in [6.07, 6.45) is 0.683. The summed E-state index contributed by atoms with van der Waals surface area (Å²) in [5.41, 5.74) is 1.88. The van der Waals surface area contributed by atoms with Crippen LogP contribution in [0.1, 0.15) is 11.1 Å². The number of carbonyl (C=O) groups excluding carboxylic acids is 1. The van der Waals surface area contributed by atoms with E-state index >= 15 is 0 Å². The van der Waals surface area contributed by atoms with E-state index in [0.717, 1.165) is 16.9 Å². The number of hydrogen-bond acceptors (Lipinski definition) is 3. The molecule has 25 heavy (non-hydrogen) atoms. The Labute approximate surface area is 146 Å². The zero-order chi connectivity index (χ0) is 17.8. The Bertz CT molecular complexity index is 749. The average molecular weight is 344 g/mol. The normalized spacial score (nSPS) is 15.7. The molecule has 2 aromatic rings. The molecule has 0 aliphatic carbocycles. The number of urea groups is 1. The molecule has 3 rings (SSSR count). The van der Waals surface area contributed by atoms with Crippen LogP contribution >= 0.6 is 0 Å². The van der Waals surface area contributed by atoms with Crippen LogP contribution in [0.5, 0.6) is 11.5 Å². The van der Waals surface area contributed by atoms with E-state index in [1.54, 1.807) is 31.2 Å². The van der Waals surface area contributed by atoms with Gasteiger partial charge in [-0.25, -0.2) is 9.18 Å². The lowest BCUT2D eigenvalue weighted by molar-refractivity contribution is 0.186. The quantitative estimate of drug-likeness (QED) is 0.928. The standard InChI is InChI=1S/C19H21FN2O3/c1-22(11-13-6-8-15(20)9-7-13)19(23)21-16-10-14-4-3-5-17(24-2)18(14)25-12-16/h3-9,16H,10-12H2,1-2H3,(H,21,23). The number of benzene rings is 2. The van der Waals surface area contributed by atoms with Gasteiger partial charge in [-0.15, -0.1) is 0 Å². The maximum atomic E-state index is 13.0. The molecule has 0 saturated heterocycles. The molecule has 0 bridgehead atoms. The molecule has 1 unspecified atom stereocenters. The zero-order valence-corrected chi connectivity index (χ0v) is 14.3. The third kappa shape index (κ3) is 4.02. The molecule has 1 atom stereocenters. The van der Waals surface area contributed by atoms with Crippen LogP contribution < -0.4 is 14.8 Å². The maximum absolute atomic E-state index is 13.0. The second-order valence-corrected chi connectivity index (χ2v) is 6.09. The van der Waals surface area contributed by atoms with Crippen LogP contribution in [0.15, 0.2) is 42.5 Å². The van der Waals surface area contributed by atoms with Gasteiger partial charge >= 0.3 is 6.03 Å². The van der Waals surface area contributed by atoms with Crippen molar-refractivity contribution in [3.63, 3.8) is 0 Å². The van der Waals surface area contributed by atoms with Crippen molar-refractivity contribution in [1.82, 2.24) is 10.2 Å². The first-order valence-electron chi connectivity index (χ1n) is 8.11. The van der Waals surface area contributed by atoms with E-state index in [1.165, 1.54) is 12.1 Å². The molecule has 1 aliphatic heterocycles. The van der Waals surface area contributed by atoms with Gasteiger partial charge in [0.25, 0.3) is 0 Å². The highest BCUT2D eigenvalue weighted by molar-refractivity contribution is 5.74. The van der Waals surface area contributed by atoms with Crippen molar-refractivity contribution < 1.29 is 18.7 Å². The van der Waals surface area contributed by atoms with Gasteiger partial charge < -0.3 is 19.7 Å². The average Bonchev–Trinajstić information content (AvgIpc) is 2.62. The molecule has 1 aliphatic rings. The highest BCUT2D eigenvalue weighted by Gasteiger charge is 2.24. The van der Waals surface area contributed by atoms with Gasteiger partial charge in [0.05, 0.1) is 13.2 Å². The lowest BCUT2D eigenvalue weighted by Gasteiger charge is -2.29. The molecule has 5 nitrogen and oxygen atoms in total. The molecule has 0 aromatic heterocycles. The van der Waals surface area contributed by atoms with Crippen LogP contribution in [0.2, 0.25) is 0 Å². The number of halogens is 1. The summed E-state index contributed by atoms with van der Waals surface area (Å²) in [7, 11) is 3.32. The van der Waals surface area contributed by atoms with Crippen molar-refractivity contribution in [3.05, 3.63) is 59.4 Å². The van der Waals surface area contributed by atoms with Gasteiger partial charge in [0.1, 0.15) is 12.4 Å². The summed E-state index contributed by atoms with van der Waals surface area (Å²) < 4.78 is 24.0. The van der Waals surface area contributed by atoms with Gasteiger partial charge in [0, 0.05) is 19.2 Å². The third-order valence-corrected chi connectivity index (χ3v) is 4.18. The van der Waals surface area contributed by atoms with Crippen LogP contribution in [-0.4, -0.2) is 37.7 Å². The first-order chi connectivity index (χ1) is 12.1. The molecule has 0 spiro atoms. The van der Waals surface area contributed by atoms with Crippen LogP contribution in [0.25, 0.3) is 0 Å². The molecule has 132 valence electrons. The molecule has 0 radical (unpaired) electrons. The topological polar surface area (TPSA) is 50.8 Å². The van der Waals surface area contributed by atoms with Crippen LogP contribution in [0, 0.1) is 5.82 Å². The van der Waals surface area contributed by atoms with Crippen molar-refractivity contribution in [2.24, 2.45) is 0 Å². The Kier molecular flexibility index (Phi) is 5.07. The van der Waals surface area contributed by atoms with E-state index < -0.39 is 0 Å². The lowest BCUT2D eigenvalue weighted by atomic mass is 10.0. The largest absolute Gasteiger partial charge is 0.493 e. The number of nitrogens with zero attached hydrogens (tertiary/aromatic N) is 1. The molecular weight excluding hydrogens is 323 g/mol. The molecule has 1 N–H and O–H groups in total. The van der Waals surface area contributed by atoms with Gasteiger partial charge in [0.2, 0.25) is 0 Å². The highest BCUT2D eigenvalue weighted by atomic mass is 19.1. The number of nitrogens with one attached hydrogen (secondary N) is 1. The Balaban J connectivity index is 1.58. The summed E-state index contributed by atoms with van der Waals surface area (Å²) in [4.78, 5) is 13.9. The van der Waals surface area contributed by atoms with Crippen molar-refractivity contribution in [2.45, 2.75) is 19.0 Å². The summed E-state index contributed by atoms with van der Waals surface area (Å²) >= 11 is 0. The van der Waals surface area contributed by atoms with E-state index in [2.05, 4.69) is 5.32 Å². The molecule has 2 amide bonds. The molecule has 2 aromatic carbocycles. The fourth-order valence-electron chi connectivity index (χ4n) is 2.87. The van der Waals surface area contributed by atoms with Gasteiger partial charge in [0.15, 0.2) is 11.5 Å². The molecule has 1 heterocycles. The van der Waals surface area contributed by atoms with Gasteiger partial charge in [-0.2, -0.15) is 0 Å². The van der Waals surface area contributed by atoms with Gasteiger partial charge in [-0.3, -0.25) is 0 Å². The van der Waals surface area contributed by atoms with Crippen molar-refractivity contribution in [3.8, 4) is 11.5 Å². The van der Waals surface area contributed by atoms with E-state index in [0.29, 0.717) is 25.3 Å². The Hall–Kier alpha value is -2.76. The predicted molar refractivity (Wildman–Crippen MR) is 92.4 cm³/mol. The number of amides is 2. The van der Waals surface area contributed by atoms with E-state index in [-0.39, 0.29) is 17.9 Å². The zero-order valence-electron chi connectivity index (χ0n) is 14.3. The number of hydrogen-bond donors (Lipinski definition) is 1. The maximum Gasteiger partial charge on any atom is 0.317 e.